The van der Waals surface area contributed by atoms with Gasteiger partial charge in [0, 0.05) is 19.5 Å². The summed E-state index contributed by atoms with van der Waals surface area (Å²) in [6, 6.07) is 0. The molecule has 0 aliphatic carbocycles. The number of amides is 2. The molecule has 0 rings (SSSR count). The lowest BCUT2D eigenvalue weighted by Crippen LogP contribution is -2.34. The Morgan fingerprint density at radius 3 is 2.24 bits per heavy atom. The Balaban J connectivity index is 3.49. The van der Waals surface area contributed by atoms with Crippen LogP contribution in [0.5, 0.6) is 0 Å². The van der Waals surface area contributed by atoms with Gasteiger partial charge >= 0.3 is 0 Å². The number of carbonyl (C=O) groups is 2. The van der Waals surface area contributed by atoms with Crippen molar-refractivity contribution in [1.29, 1.82) is 0 Å². The normalized spacial score (nSPS) is 10.7. The standard InChI is InChI=1S/C12H24N2O3/c1-9(2)7-14-11(15)5-6-13-12(16)8-17-10(3)4/h9-10H,5-8H2,1-4H3,(H,13,16)(H,14,15). The number of carbonyl (C=O) groups excluding carboxylic acids is 2. The number of ether oxygens (including phenoxy) is 1. The molecule has 0 aromatic carbocycles. The lowest BCUT2D eigenvalue weighted by Gasteiger charge is -2.09. The van der Waals surface area contributed by atoms with Crippen LogP contribution in [0.25, 0.3) is 0 Å². The quantitative estimate of drug-likeness (QED) is 0.660. The van der Waals surface area contributed by atoms with Crippen molar-refractivity contribution in [2.45, 2.75) is 40.2 Å². The van der Waals surface area contributed by atoms with Gasteiger partial charge in [0.1, 0.15) is 6.61 Å². The van der Waals surface area contributed by atoms with E-state index in [1.165, 1.54) is 0 Å². The van der Waals surface area contributed by atoms with Crippen molar-refractivity contribution in [3.05, 3.63) is 0 Å². The third kappa shape index (κ3) is 11.2. The Kier molecular flexibility index (Phi) is 8.40. The molecule has 0 unspecified atom stereocenters. The minimum Gasteiger partial charge on any atom is -0.369 e. The van der Waals surface area contributed by atoms with E-state index in [-0.39, 0.29) is 24.5 Å². The molecule has 2 amide bonds. The predicted octanol–water partition coefficient (Wildman–Crippen LogP) is 0.690. The first kappa shape index (κ1) is 15.9. The summed E-state index contributed by atoms with van der Waals surface area (Å²) in [6.45, 7) is 8.87. The monoisotopic (exact) mass is 244 g/mol. The molecule has 0 spiro atoms. The number of hydrogen-bond donors (Lipinski definition) is 2. The summed E-state index contributed by atoms with van der Waals surface area (Å²) in [5.41, 5.74) is 0. The van der Waals surface area contributed by atoms with Crippen molar-refractivity contribution in [2.75, 3.05) is 19.7 Å². The Hall–Kier alpha value is -1.10. The molecule has 0 saturated heterocycles. The lowest BCUT2D eigenvalue weighted by atomic mass is 10.2. The van der Waals surface area contributed by atoms with Gasteiger partial charge in [0.2, 0.25) is 11.8 Å². The molecule has 0 fully saturated rings. The Bertz CT molecular complexity index is 216. The van der Waals surface area contributed by atoms with E-state index < -0.39 is 0 Å². The zero-order chi connectivity index (χ0) is 13.3. The van der Waals surface area contributed by atoms with Crippen LogP contribution in [0.1, 0.15) is 34.1 Å². The first-order valence-corrected chi connectivity index (χ1v) is 6.06. The van der Waals surface area contributed by atoms with E-state index in [0.717, 1.165) is 0 Å². The van der Waals surface area contributed by atoms with Crippen LogP contribution in [0.3, 0.4) is 0 Å². The molecule has 0 aromatic heterocycles. The molecule has 0 saturated carbocycles. The minimum atomic E-state index is -0.185. The molecule has 5 nitrogen and oxygen atoms in total. The maximum absolute atomic E-state index is 11.3. The summed E-state index contributed by atoms with van der Waals surface area (Å²) < 4.78 is 5.13. The van der Waals surface area contributed by atoms with Crippen LogP contribution < -0.4 is 10.6 Å². The fourth-order valence-electron chi connectivity index (χ4n) is 1.02. The molecular formula is C12H24N2O3. The molecule has 5 heteroatoms. The van der Waals surface area contributed by atoms with E-state index in [0.29, 0.717) is 25.4 Å². The fourth-order valence-corrected chi connectivity index (χ4v) is 1.02. The molecule has 100 valence electrons. The van der Waals surface area contributed by atoms with Crippen molar-refractivity contribution in [2.24, 2.45) is 5.92 Å². The molecule has 0 radical (unpaired) electrons. The van der Waals surface area contributed by atoms with Gasteiger partial charge in [0.15, 0.2) is 0 Å². The van der Waals surface area contributed by atoms with Crippen molar-refractivity contribution in [3.8, 4) is 0 Å². The van der Waals surface area contributed by atoms with Crippen molar-refractivity contribution < 1.29 is 14.3 Å². The van der Waals surface area contributed by atoms with Crippen molar-refractivity contribution in [1.82, 2.24) is 10.6 Å². The van der Waals surface area contributed by atoms with E-state index in [2.05, 4.69) is 10.6 Å². The van der Waals surface area contributed by atoms with Gasteiger partial charge in [-0.3, -0.25) is 9.59 Å². The minimum absolute atomic E-state index is 0.0371. The smallest absolute Gasteiger partial charge is 0.246 e. The molecule has 2 N–H and O–H groups in total. The Morgan fingerprint density at radius 2 is 1.71 bits per heavy atom. The lowest BCUT2D eigenvalue weighted by molar-refractivity contribution is -0.127. The molecule has 17 heavy (non-hydrogen) atoms. The highest BCUT2D eigenvalue weighted by Crippen LogP contribution is 1.89. The number of rotatable bonds is 8. The van der Waals surface area contributed by atoms with Crippen LogP contribution in [-0.4, -0.2) is 37.6 Å². The highest BCUT2D eigenvalue weighted by molar-refractivity contribution is 5.79. The van der Waals surface area contributed by atoms with Crippen LogP contribution >= 0.6 is 0 Å². The van der Waals surface area contributed by atoms with Gasteiger partial charge in [-0.05, 0) is 19.8 Å². The largest absolute Gasteiger partial charge is 0.369 e. The van der Waals surface area contributed by atoms with Gasteiger partial charge in [-0.2, -0.15) is 0 Å². The second-order valence-electron chi connectivity index (χ2n) is 4.66. The first-order valence-electron chi connectivity index (χ1n) is 6.06. The van der Waals surface area contributed by atoms with Crippen LogP contribution in [0.4, 0.5) is 0 Å². The van der Waals surface area contributed by atoms with Crippen LogP contribution in [-0.2, 0) is 14.3 Å². The zero-order valence-electron chi connectivity index (χ0n) is 11.2. The second-order valence-corrected chi connectivity index (χ2v) is 4.66. The van der Waals surface area contributed by atoms with Gasteiger partial charge in [-0.1, -0.05) is 13.8 Å². The fraction of sp³-hybridized carbons (Fsp3) is 0.833. The van der Waals surface area contributed by atoms with E-state index in [1.54, 1.807) is 0 Å². The maximum atomic E-state index is 11.3. The van der Waals surface area contributed by atoms with Gasteiger partial charge in [-0.15, -0.1) is 0 Å². The first-order chi connectivity index (χ1) is 7.91. The summed E-state index contributed by atoms with van der Waals surface area (Å²) in [7, 11) is 0. The molecule has 0 aromatic rings. The third-order valence-electron chi connectivity index (χ3n) is 1.93. The van der Waals surface area contributed by atoms with Gasteiger partial charge in [0.05, 0.1) is 6.10 Å². The van der Waals surface area contributed by atoms with Gasteiger partial charge in [-0.25, -0.2) is 0 Å². The molecular weight excluding hydrogens is 220 g/mol. The summed E-state index contributed by atoms with van der Waals surface area (Å²) in [5.74, 6) is 0.215. The molecule has 0 aliphatic heterocycles. The summed E-state index contributed by atoms with van der Waals surface area (Å²) >= 11 is 0. The van der Waals surface area contributed by atoms with Gasteiger partial charge < -0.3 is 15.4 Å². The second kappa shape index (κ2) is 8.98. The SMILES string of the molecule is CC(C)CNC(=O)CCNC(=O)COC(C)C. The summed E-state index contributed by atoms with van der Waals surface area (Å²) in [5, 5.41) is 5.42. The van der Waals surface area contributed by atoms with Gasteiger partial charge in [0.25, 0.3) is 0 Å². The van der Waals surface area contributed by atoms with E-state index >= 15 is 0 Å². The highest BCUT2D eigenvalue weighted by Gasteiger charge is 2.05. The number of hydrogen-bond acceptors (Lipinski definition) is 3. The topological polar surface area (TPSA) is 67.4 Å². The third-order valence-corrected chi connectivity index (χ3v) is 1.93. The van der Waals surface area contributed by atoms with Crippen molar-refractivity contribution >= 4 is 11.8 Å². The van der Waals surface area contributed by atoms with Crippen molar-refractivity contribution in [3.63, 3.8) is 0 Å². The summed E-state index contributed by atoms with van der Waals surface area (Å²) in [4.78, 5) is 22.5. The van der Waals surface area contributed by atoms with E-state index in [9.17, 15) is 9.59 Å². The average molecular weight is 244 g/mol. The van der Waals surface area contributed by atoms with E-state index in [1.807, 2.05) is 27.7 Å². The molecule has 0 bridgehead atoms. The predicted molar refractivity (Wildman–Crippen MR) is 66.6 cm³/mol. The Morgan fingerprint density at radius 1 is 1.06 bits per heavy atom. The number of nitrogens with one attached hydrogen (secondary N) is 2. The maximum Gasteiger partial charge on any atom is 0.246 e. The molecule has 0 aliphatic rings. The van der Waals surface area contributed by atoms with E-state index in [4.69, 9.17) is 4.74 Å². The Labute approximate surface area is 103 Å². The van der Waals surface area contributed by atoms with Crippen LogP contribution in [0.2, 0.25) is 0 Å². The average Bonchev–Trinajstić information content (AvgIpc) is 2.23. The zero-order valence-corrected chi connectivity index (χ0v) is 11.2. The molecule has 0 heterocycles. The summed E-state index contributed by atoms with van der Waals surface area (Å²) in [6.07, 6.45) is 0.343. The highest BCUT2D eigenvalue weighted by atomic mass is 16.5. The molecule has 0 atom stereocenters. The van der Waals surface area contributed by atoms with Crippen LogP contribution in [0.15, 0.2) is 0 Å². The van der Waals surface area contributed by atoms with Crippen LogP contribution in [0, 0.1) is 5.92 Å².